The first-order valence-corrected chi connectivity index (χ1v) is 5.91. The molecular formula is C14H17N3O. The van der Waals surface area contributed by atoms with Gasteiger partial charge in [0.2, 0.25) is 5.88 Å². The Hall–Kier alpha value is -1.94. The van der Waals surface area contributed by atoms with Gasteiger partial charge in [0, 0.05) is 30.6 Å². The van der Waals surface area contributed by atoms with Crippen molar-refractivity contribution in [3.63, 3.8) is 0 Å². The van der Waals surface area contributed by atoms with Gasteiger partial charge in [0.25, 0.3) is 0 Å². The first-order chi connectivity index (χ1) is 8.75. The number of aromatic nitrogens is 2. The lowest BCUT2D eigenvalue weighted by Crippen LogP contribution is -2.19. The molecule has 4 heteroatoms. The molecule has 94 valence electrons. The summed E-state index contributed by atoms with van der Waals surface area (Å²) in [6, 6.07) is 9.67. The van der Waals surface area contributed by atoms with Gasteiger partial charge < -0.3 is 9.64 Å². The van der Waals surface area contributed by atoms with E-state index in [9.17, 15) is 0 Å². The van der Waals surface area contributed by atoms with Crippen molar-refractivity contribution in [1.29, 1.82) is 0 Å². The summed E-state index contributed by atoms with van der Waals surface area (Å²) < 4.78 is 5.53. The maximum Gasteiger partial charge on any atom is 0.213 e. The summed E-state index contributed by atoms with van der Waals surface area (Å²) in [4.78, 5) is 10.6. The molecule has 0 bridgehead atoms. The van der Waals surface area contributed by atoms with Gasteiger partial charge in [-0.3, -0.25) is 4.98 Å². The van der Waals surface area contributed by atoms with Crippen LogP contribution in [0.5, 0.6) is 5.88 Å². The minimum atomic E-state index is 0.642. The van der Waals surface area contributed by atoms with Crippen LogP contribution in [0.1, 0.15) is 0 Å². The van der Waals surface area contributed by atoms with Gasteiger partial charge in [-0.1, -0.05) is 6.07 Å². The van der Waals surface area contributed by atoms with Crippen molar-refractivity contribution < 1.29 is 4.74 Å². The van der Waals surface area contributed by atoms with Crippen molar-refractivity contribution in [1.82, 2.24) is 14.9 Å². The number of pyridine rings is 2. The summed E-state index contributed by atoms with van der Waals surface area (Å²) >= 11 is 0. The van der Waals surface area contributed by atoms with Crippen LogP contribution in [0.3, 0.4) is 0 Å². The molecule has 2 heterocycles. The third kappa shape index (κ3) is 3.53. The predicted octanol–water partition coefficient (Wildman–Crippen LogP) is 2.08. The Kier molecular flexibility index (Phi) is 4.25. The summed E-state index contributed by atoms with van der Waals surface area (Å²) in [7, 11) is 4.03. The van der Waals surface area contributed by atoms with E-state index in [1.54, 1.807) is 12.4 Å². The summed E-state index contributed by atoms with van der Waals surface area (Å²) in [5.74, 6) is 0.650. The monoisotopic (exact) mass is 243 g/mol. The second kappa shape index (κ2) is 6.12. The molecule has 0 unspecified atom stereocenters. The second-order valence-corrected chi connectivity index (χ2v) is 4.25. The van der Waals surface area contributed by atoms with Crippen LogP contribution in [0.25, 0.3) is 11.3 Å². The number of hydrogen-bond donors (Lipinski definition) is 0. The average molecular weight is 243 g/mol. The van der Waals surface area contributed by atoms with Crippen molar-refractivity contribution in [2.45, 2.75) is 0 Å². The van der Waals surface area contributed by atoms with Crippen LogP contribution >= 0.6 is 0 Å². The molecule has 0 amide bonds. The molecule has 4 nitrogen and oxygen atoms in total. The number of rotatable bonds is 5. The molecule has 0 aliphatic carbocycles. The van der Waals surface area contributed by atoms with Gasteiger partial charge in [-0.15, -0.1) is 0 Å². The number of ether oxygens (including phenoxy) is 1. The Bertz CT molecular complexity index is 468. The highest BCUT2D eigenvalue weighted by Crippen LogP contribution is 2.17. The van der Waals surface area contributed by atoms with Crippen LogP contribution in [-0.2, 0) is 0 Å². The standard InChI is InChI=1S/C14H17N3O/c1-17(2)9-10-18-14-7-6-12(11-16-14)13-5-3-4-8-15-13/h3-8,11H,9-10H2,1-2H3. The second-order valence-electron chi connectivity index (χ2n) is 4.25. The van der Waals surface area contributed by atoms with Gasteiger partial charge in [0.05, 0.1) is 5.69 Å². The maximum atomic E-state index is 5.53. The minimum absolute atomic E-state index is 0.642. The van der Waals surface area contributed by atoms with Gasteiger partial charge >= 0.3 is 0 Å². The molecule has 0 atom stereocenters. The first-order valence-electron chi connectivity index (χ1n) is 5.91. The lowest BCUT2D eigenvalue weighted by Gasteiger charge is -2.10. The first kappa shape index (κ1) is 12.5. The van der Waals surface area contributed by atoms with E-state index in [-0.39, 0.29) is 0 Å². The molecule has 0 spiro atoms. The number of likely N-dealkylation sites (N-methyl/N-ethyl adjacent to an activating group) is 1. The van der Waals surface area contributed by atoms with Crippen LogP contribution in [0.15, 0.2) is 42.7 Å². The molecule has 0 aliphatic heterocycles. The smallest absolute Gasteiger partial charge is 0.213 e. The number of hydrogen-bond acceptors (Lipinski definition) is 4. The van der Waals surface area contributed by atoms with E-state index in [2.05, 4.69) is 14.9 Å². The van der Waals surface area contributed by atoms with Crippen molar-refractivity contribution >= 4 is 0 Å². The molecule has 0 saturated heterocycles. The minimum Gasteiger partial charge on any atom is -0.476 e. The van der Waals surface area contributed by atoms with Crippen LogP contribution in [0, 0.1) is 0 Å². The van der Waals surface area contributed by atoms with Crippen molar-refractivity contribution in [2.24, 2.45) is 0 Å². The Morgan fingerprint density at radius 2 is 2.00 bits per heavy atom. The number of nitrogens with zero attached hydrogens (tertiary/aromatic N) is 3. The zero-order valence-electron chi connectivity index (χ0n) is 10.7. The molecule has 0 N–H and O–H groups in total. The summed E-state index contributed by atoms with van der Waals surface area (Å²) in [5.41, 5.74) is 1.92. The molecule has 0 aliphatic rings. The lowest BCUT2D eigenvalue weighted by atomic mass is 10.2. The van der Waals surface area contributed by atoms with E-state index in [4.69, 9.17) is 4.74 Å². The van der Waals surface area contributed by atoms with Crippen molar-refractivity contribution in [2.75, 3.05) is 27.2 Å². The SMILES string of the molecule is CN(C)CCOc1ccc(-c2ccccn2)cn1. The summed E-state index contributed by atoms with van der Waals surface area (Å²) in [5, 5.41) is 0. The van der Waals surface area contributed by atoms with E-state index in [0.717, 1.165) is 17.8 Å². The average Bonchev–Trinajstić information content (AvgIpc) is 2.40. The normalized spacial score (nSPS) is 10.6. The molecule has 2 aromatic rings. The predicted molar refractivity (Wildman–Crippen MR) is 71.5 cm³/mol. The largest absolute Gasteiger partial charge is 0.476 e. The Balaban J connectivity index is 1.98. The maximum absolute atomic E-state index is 5.53. The quantitative estimate of drug-likeness (QED) is 0.806. The molecule has 2 aromatic heterocycles. The van der Waals surface area contributed by atoms with E-state index in [0.29, 0.717) is 12.5 Å². The molecule has 0 radical (unpaired) electrons. The highest BCUT2D eigenvalue weighted by molar-refractivity contribution is 5.57. The van der Waals surface area contributed by atoms with E-state index in [1.807, 2.05) is 44.4 Å². The van der Waals surface area contributed by atoms with Gasteiger partial charge in [-0.25, -0.2) is 4.98 Å². The topological polar surface area (TPSA) is 38.2 Å². The third-order valence-corrected chi connectivity index (χ3v) is 2.49. The Morgan fingerprint density at radius 1 is 1.11 bits per heavy atom. The summed E-state index contributed by atoms with van der Waals surface area (Å²) in [6.07, 6.45) is 3.56. The fourth-order valence-electron chi connectivity index (χ4n) is 1.48. The van der Waals surface area contributed by atoms with Crippen LogP contribution in [-0.4, -0.2) is 42.1 Å². The van der Waals surface area contributed by atoms with E-state index in [1.165, 1.54) is 0 Å². The Morgan fingerprint density at radius 3 is 2.61 bits per heavy atom. The molecule has 0 saturated carbocycles. The molecule has 2 rings (SSSR count). The van der Waals surface area contributed by atoms with Gasteiger partial charge in [-0.2, -0.15) is 0 Å². The van der Waals surface area contributed by atoms with E-state index >= 15 is 0 Å². The van der Waals surface area contributed by atoms with E-state index < -0.39 is 0 Å². The van der Waals surface area contributed by atoms with Crippen LogP contribution < -0.4 is 4.74 Å². The summed E-state index contributed by atoms with van der Waals surface area (Å²) in [6.45, 7) is 1.52. The molecular weight excluding hydrogens is 226 g/mol. The fraction of sp³-hybridized carbons (Fsp3) is 0.286. The molecule has 0 aromatic carbocycles. The molecule has 0 fully saturated rings. The van der Waals surface area contributed by atoms with Crippen molar-refractivity contribution in [3.8, 4) is 17.1 Å². The zero-order chi connectivity index (χ0) is 12.8. The van der Waals surface area contributed by atoms with Crippen LogP contribution in [0.4, 0.5) is 0 Å². The zero-order valence-corrected chi connectivity index (χ0v) is 10.7. The fourth-order valence-corrected chi connectivity index (χ4v) is 1.48. The highest BCUT2D eigenvalue weighted by atomic mass is 16.5. The van der Waals surface area contributed by atoms with Crippen LogP contribution in [0.2, 0.25) is 0 Å². The Labute approximate surface area is 107 Å². The van der Waals surface area contributed by atoms with Gasteiger partial charge in [0.15, 0.2) is 0 Å². The lowest BCUT2D eigenvalue weighted by molar-refractivity contribution is 0.254. The highest BCUT2D eigenvalue weighted by Gasteiger charge is 2.00. The van der Waals surface area contributed by atoms with Gasteiger partial charge in [0.1, 0.15) is 6.61 Å². The van der Waals surface area contributed by atoms with Crippen molar-refractivity contribution in [3.05, 3.63) is 42.7 Å². The molecule has 18 heavy (non-hydrogen) atoms. The third-order valence-electron chi connectivity index (χ3n) is 2.49. The van der Waals surface area contributed by atoms with Gasteiger partial charge in [-0.05, 0) is 32.3 Å².